The Kier molecular flexibility index (Phi) is 5.09. The van der Waals surface area contributed by atoms with Gasteiger partial charge in [0.05, 0.1) is 11.3 Å². The molecule has 6 heteroatoms. The van der Waals surface area contributed by atoms with Gasteiger partial charge in [0.15, 0.2) is 6.61 Å². The molecule has 0 radical (unpaired) electrons. The fraction of sp³-hybridized carbons (Fsp3) is 0.0526. The highest BCUT2D eigenvalue weighted by atomic mass is 79.9. The molecule has 126 valence electrons. The largest absolute Gasteiger partial charge is 0.452 e. The molecule has 1 amide bonds. The third-order valence-corrected chi connectivity index (χ3v) is 4.02. The van der Waals surface area contributed by atoms with Gasteiger partial charge in [-0.3, -0.25) is 4.79 Å². The number of anilines is 1. The molecule has 0 aliphatic carbocycles. The first-order chi connectivity index (χ1) is 12.0. The Balaban J connectivity index is 1.61. The van der Waals surface area contributed by atoms with Crippen LogP contribution in [0.5, 0.6) is 0 Å². The van der Waals surface area contributed by atoms with E-state index in [1.54, 1.807) is 18.2 Å². The van der Waals surface area contributed by atoms with Crippen molar-refractivity contribution in [2.45, 2.75) is 0 Å². The van der Waals surface area contributed by atoms with Crippen LogP contribution in [0.3, 0.4) is 0 Å². The summed E-state index contributed by atoms with van der Waals surface area (Å²) in [5.74, 6) is -1.81. The predicted octanol–water partition coefficient (Wildman–Crippen LogP) is 4.54. The number of hydrogen-bond acceptors (Lipinski definition) is 3. The molecule has 0 fully saturated rings. The first kappa shape index (κ1) is 17.1. The molecule has 0 aliphatic rings. The lowest BCUT2D eigenvalue weighted by Gasteiger charge is -2.08. The van der Waals surface area contributed by atoms with E-state index >= 15 is 0 Å². The van der Waals surface area contributed by atoms with Gasteiger partial charge in [-0.15, -0.1) is 0 Å². The maximum absolute atomic E-state index is 13.7. The lowest BCUT2D eigenvalue weighted by Crippen LogP contribution is -2.21. The molecular formula is C19H13BrFNO3. The fourth-order valence-corrected chi connectivity index (χ4v) is 2.64. The van der Waals surface area contributed by atoms with E-state index in [4.69, 9.17) is 4.74 Å². The fourth-order valence-electron chi connectivity index (χ4n) is 2.31. The predicted molar refractivity (Wildman–Crippen MR) is 97.0 cm³/mol. The van der Waals surface area contributed by atoms with Crippen LogP contribution >= 0.6 is 15.9 Å². The highest BCUT2D eigenvalue weighted by Crippen LogP contribution is 2.19. The zero-order valence-electron chi connectivity index (χ0n) is 13.0. The smallest absolute Gasteiger partial charge is 0.338 e. The summed E-state index contributed by atoms with van der Waals surface area (Å²) in [6.45, 7) is -0.499. The average molecular weight is 402 g/mol. The van der Waals surface area contributed by atoms with Gasteiger partial charge in [0.25, 0.3) is 5.91 Å². The number of carbonyl (C=O) groups is 2. The van der Waals surface area contributed by atoms with Gasteiger partial charge in [0, 0.05) is 4.47 Å². The number of fused-ring (bicyclic) bond motifs is 1. The van der Waals surface area contributed by atoms with Gasteiger partial charge >= 0.3 is 5.97 Å². The minimum absolute atomic E-state index is 0.0231. The first-order valence-corrected chi connectivity index (χ1v) is 8.23. The minimum Gasteiger partial charge on any atom is -0.452 e. The molecular weight excluding hydrogens is 389 g/mol. The minimum atomic E-state index is -0.615. The molecule has 25 heavy (non-hydrogen) atoms. The number of ether oxygens (including phenoxy) is 1. The second kappa shape index (κ2) is 7.44. The Morgan fingerprint density at radius 1 is 1.00 bits per heavy atom. The van der Waals surface area contributed by atoms with Crippen molar-refractivity contribution < 1.29 is 18.7 Å². The second-order valence-electron chi connectivity index (χ2n) is 5.31. The van der Waals surface area contributed by atoms with Gasteiger partial charge in [0.2, 0.25) is 0 Å². The van der Waals surface area contributed by atoms with Crippen molar-refractivity contribution in [3.8, 4) is 0 Å². The van der Waals surface area contributed by atoms with Gasteiger partial charge in [-0.05, 0) is 41.1 Å². The standard InChI is InChI=1S/C19H13BrFNO3/c20-15-7-8-17(16(21)10-15)22-18(23)11-25-19(24)14-6-5-12-3-1-2-4-13(12)9-14/h1-10H,11H2,(H,22,23). The molecule has 0 saturated heterocycles. The van der Waals surface area contributed by atoms with E-state index in [9.17, 15) is 14.0 Å². The van der Waals surface area contributed by atoms with Gasteiger partial charge in [-0.2, -0.15) is 0 Å². The topological polar surface area (TPSA) is 55.4 Å². The second-order valence-corrected chi connectivity index (χ2v) is 6.23. The number of hydrogen-bond donors (Lipinski definition) is 1. The summed E-state index contributed by atoms with van der Waals surface area (Å²) in [7, 11) is 0. The Labute approximate surface area is 151 Å². The van der Waals surface area contributed by atoms with E-state index in [1.807, 2.05) is 30.3 Å². The number of esters is 1. The van der Waals surface area contributed by atoms with Crippen molar-refractivity contribution in [2.75, 3.05) is 11.9 Å². The SMILES string of the molecule is O=C(COC(=O)c1ccc2ccccc2c1)Nc1ccc(Br)cc1F. The Morgan fingerprint density at radius 3 is 2.52 bits per heavy atom. The summed E-state index contributed by atoms with van der Waals surface area (Å²) in [6, 6.07) is 17.0. The molecule has 0 atom stereocenters. The van der Waals surface area contributed by atoms with Gasteiger partial charge in [-0.25, -0.2) is 9.18 Å². The number of carbonyl (C=O) groups excluding carboxylic acids is 2. The molecule has 0 heterocycles. The van der Waals surface area contributed by atoms with Crippen molar-refractivity contribution >= 4 is 44.3 Å². The van der Waals surface area contributed by atoms with E-state index in [1.165, 1.54) is 12.1 Å². The zero-order valence-corrected chi connectivity index (χ0v) is 14.5. The average Bonchev–Trinajstić information content (AvgIpc) is 2.61. The first-order valence-electron chi connectivity index (χ1n) is 7.44. The molecule has 0 saturated carbocycles. The number of benzene rings is 3. The van der Waals surface area contributed by atoms with Crippen LogP contribution in [-0.4, -0.2) is 18.5 Å². The van der Waals surface area contributed by atoms with Gasteiger partial charge in [0.1, 0.15) is 5.82 Å². The lowest BCUT2D eigenvalue weighted by atomic mass is 10.1. The molecule has 1 N–H and O–H groups in total. The Hall–Kier alpha value is -2.73. The number of halogens is 2. The molecule has 3 rings (SSSR count). The monoisotopic (exact) mass is 401 g/mol. The van der Waals surface area contributed by atoms with Crippen molar-refractivity contribution in [3.05, 3.63) is 76.5 Å². The third-order valence-electron chi connectivity index (χ3n) is 3.52. The molecule has 0 bridgehead atoms. The van der Waals surface area contributed by atoms with E-state index in [0.29, 0.717) is 10.0 Å². The number of nitrogens with one attached hydrogen (secondary N) is 1. The van der Waals surface area contributed by atoms with Crippen molar-refractivity contribution in [2.24, 2.45) is 0 Å². The van der Waals surface area contributed by atoms with Crippen LogP contribution in [0.25, 0.3) is 10.8 Å². The maximum Gasteiger partial charge on any atom is 0.338 e. The number of amides is 1. The molecule has 0 spiro atoms. The van der Waals surface area contributed by atoms with Crippen LogP contribution in [0.15, 0.2) is 65.1 Å². The van der Waals surface area contributed by atoms with Crippen molar-refractivity contribution in [1.82, 2.24) is 0 Å². The molecule has 3 aromatic rings. The van der Waals surface area contributed by atoms with Crippen LogP contribution in [0, 0.1) is 5.82 Å². The van der Waals surface area contributed by atoms with Gasteiger partial charge in [-0.1, -0.05) is 46.3 Å². The summed E-state index contributed by atoms with van der Waals surface area (Å²) in [5.41, 5.74) is 0.372. The van der Waals surface area contributed by atoms with Crippen molar-refractivity contribution in [1.29, 1.82) is 0 Å². The molecule has 4 nitrogen and oxygen atoms in total. The maximum atomic E-state index is 13.7. The Morgan fingerprint density at radius 2 is 1.76 bits per heavy atom. The molecule has 0 aliphatic heterocycles. The van der Waals surface area contributed by atoms with Crippen molar-refractivity contribution in [3.63, 3.8) is 0 Å². The van der Waals surface area contributed by atoms with Crippen LogP contribution in [0.2, 0.25) is 0 Å². The van der Waals surface area contributed by atoms with Gasteiger partial charge < -0.3 is 10.1 Å². The molecule has 0 unspecified atom stereocenters. The van der Waals surface area contributed by atoms with Crippen LogP contribution in [0.1, 0.15) is 10.4 Å². The summed E-state index contributed by atoms with van der Waals surface area (Å²) in [6.07, 6.45) is 0. The highest BCUT2D eigenvalue weighted by molar-refractivity contribution is 9.10. The zero-order chi connectivity index (χ0) is 17.8. The van der Waals surface area contributed by atoms with Crippen LogP contribution < -0.4 is 5.32 Å². The van der Waals surface area contributed by atoms with E-state index in [0.717, 1.165) is 10.8 Å². The quantitative estimate of drug-likeness (QED) is 0.653. The summed E-state index contributed by atoms with van der Waals surface area (Å²) >= 11 is 3.13. The highest BCUT2D eigenvalue weighted by Gasteiger charge is 2.12. The van der Waals surface area contributed by atoms with E-state index in [-0.39, 0.29) is 5.69 Å². The summed E-state index contributed by atoms with van der Waals surface area (Å²) in [4.78, 5) is 23.9. The Bertz CT molecular complexity index is 958. The normalized spacial score (nSPS) is 10.5. The van der Waals surface area contributed by atoms with Crippen LogP contribution in [-0.2, 0) is 9.53 Å². The summed E-state index contributed by atoms with van der Waals surface area (Å²) in [5, 5.41) is 4.27. The third kappa shape index (κ3) is 4.22. The van der Waals surface area contributed by atoms with E-state index < -0.39 is 24.3 Å². The lowest BCUT2D eigenvalue weighted by molar-refractivity contribution is -0.119. The molecule has 3 aromatic carbocycles. The van der Waals surface area contributed by atoms with E-state index in [2.05, 4.69) is 21.2 Å². The molecule has 0 aromatic heterocycles. The summed E-state index contributed by atoms with van der Waals surface area (Å²) < 4.78 is 19.2. The number of rotatable bonds is 4. The van der Waals surface area contributed by atoms with Crippen LogP contribution in [0.4, 0.5) is 10.1 Å².